The number of ether oxygens (including phenoxy) is 1. The number of carbonyl (C=O) groups excluding carboxylic acids is 1. The molecule has 13 heteroatoms. The van der Waals surface area contributed by atoms with Gasteiger partial charge < -0.3 is 9.64 Å². The van der Waals surface area contributed by atoms with Crippen LogP contribution in [-0.2, 0) is 35.8 Å². The number of nitrogens with zero attached hydrogens (tertiary/aromatic N) is 2. The van der Waals surface area contributed by atoms with Crippen molar-refractivity contribution < 1.29 is 40.0 Å². The number of alkyl carbamates (subject to hydrolysis) is 1. The Morgan fingerprint density at radius 3 is 1.93 bits per heavy atom. The van der Waals surface area contributed by atoms with Gasteiger partial charge in [-0.1, -0.05) is 98.8 Å². The van der Waals surface area contributed by atoms with Gasteiger partial charge in [-0.2, -0.15) is 21.4 Å². The Balaban J connectivity index is 1.28. The average Bonchev–Trinajstić information content (AvgIpc) is 3.75. The molecule has 67 heavy (non-hydrogen) atoms. The van der Waals surface area contributed by atoms with Crippen LogP contribution in [0.25, 0.3) is 32.7 Å². The van der Waals surface area contributed by atoms with Crippen LogP contribution in [-0.4, -0.2) is 72.5 Å². The first-order valence-corrected chi connectivity index (χ1v) is 26.1. The van der Waals surface area contributed by atoms with Gasteiger partial charge in [-0.15, -0.1) is 0 Å². The molecule has 0 fully saturated rings. The highest BCUT2D eigenvalue weighted by Crippen LogP contribution is 2.52. The van der Waals surface area contributed by atoms with Crippen LogP contribution >= 0.6 is 0 Å². The molecule has 0 unspecified atom stereocenters. The number of benzene rings is 5. The summed E-state index contributed by atoms with van der Waals surface area (Å²) in [6, 6.07) is 33.1. The number of allylic oxidation sites excluding steroid dienone is 7. The van der Waals surface area contributed by atoms with Crippen molar-refractivity contribution in [2.24, 2.45) is 0 Å². The van der Waals surface area contributed by atoms with Crippen LogP contribution in [0.5, 0.6) is 0 Å². The van der Waals surface area contributed by atoms with Crippen LogP contribution < -0.4 is 10.2 Å². The third-order valence-electron chi connectivity index (χ3n) is 13.1. The third kappa shape index (κ3) is 9.78. The predicted octanol–water partition coefficient (Wildman–Crippen LogP) is 11.3. The number of unbranched alkanes of at least 4 members (excludes halogenated alkanes) is 2. The number of amides is 1. The molecule has 0 bridgehead atoms. The molecule has 5 aromatic carbocycles. The summed E-state index contributed by atoms with van der Waals surface area (Å²) in [5, 5.41) is 7.65. The lowest BCUT2D eigenvalue weighted by atomic mass is 9.79. The summed E-state index contributed by atoms with van der Waals surface area (Å²) in [6.07, 6.45) is 9.35. The lowest BCUT2D eigenvalue weighted by Gasteiger charge is -2.27. The first-order chi connectivity index (χ1) is 31.5. The molecule has 0 radical (unpaired) electrons. The Kier molecular flexibility index (Phi) is 12.8. The molecule has 0 saturated heterocycles. The van der Waals surface area contributed by atoms with Crippen LogP contribution in [0.15, 0.2) is 133 Å². The van der Waals surface area contributed by atoms with Gasteiger partial charge >= 0.3 is 6.09 Å². The lowest BCUT2D eigenvalue weighted by Crippen LogP contribution is -2.32. The highest BCUT2D eigenvalue weighted by Gasteiger charge is 2.46. The highest BCUT2D eigenvalue weighted by molar-refractivity contribution is 7.86. The van der Waals surface area contributed by atoms with Gasteiger partial charge in [0.15, 0.2) is 5.71 Å². The van der Waals surface area contributed by atoms with E-state index in [0.717, 1.165) is 77.7 Å². The first-order valence-electron chi connectivity index (χ1n) is 22.9. The molecule has 11 nitrogen and oxygen atoms in total. The highest BCUT2D eigenvalue weighted by atomic mass is 32.2. The van der Waals surface area contributed by atoms with E-state index < -0.39 is 42.8 Å². The number of fused-ring (bicyclic) bond motifs is 7. The Morgan fingerprint density at radius 2 is 1.28 bits per heavy atom. The summed E-state index contributed by atoms with van der Waals surface area (Å²) in [6.45, 7) is 15.3. The van der Waals surface area contributed by atoms with Crippen molar-refractivity contribution in [1.29, 1.82) is 0 Å². The minimum atomic E-state index is -4.11. The van der Waals surface area contributed by atoms with E-state index in [2.05, 4.69) is 115 Å². The number of hydrogen-bond acceptors (Lipinski definition) is 7. The standard InChI is InChI=1S/C54H59N3O8S2/c1-52(2,3)65-51(58)55-50-42(26-30-46-53(4,5)48-38-20-10-8-18-36(38)24-28-44(48)56(46)32-14-16-34-66(59,60)61)40-22-12-13-23-41(40)43(50)27-31-47-54(6,7)49-39-21-11-9-19-37(39)25-29-45(49)57(47)33-15-17-35-67(62,63)64/h8-13,18-31H,14-17,32-35H2,1-7H3,(H2,59,60,61,62,63,64)/p+1/b42-26+,46-30+. The van der Waals surface area contributed by atoms with Gasteiger partial charge in [-0.05, 0) is 116 Å². The Bertz CT molecular complexity index is 3210. The lowest BCUT2D eigenvalue weighted by molar-refractivity contribution is -0.438. The van der Waals surface area contributed by atoms with Crippen LogP contribution in [0.3, 0.4) is 0 Å². The number of anilines is 1. The molecule has 1 amide bonds. The quantitative estimate of drug-likeness (QED) is 0.0561. The molecule has 3 aliphatic rings. The van der Waals surface area contributed by atoms with Crippen LogP contribution in [0.1, 0.15) is 96.4 Å². The van der Waals surface area contributed by atoms with Gasteiger partial charge in [-0.3, -0.25) is 14.4 Å². The summed E-state index contributed by atoms with van der Waals surface area (Å²) in [4.78, 5) is 16.1. The van der Waals surface area contributed by atoms with E-state index in [9.17, 15) is 30.7 Å². The number of hydrogen-bond donors (Lipinski definition) is 3. The van der Waals surface area contributed by atoms with Gasteiger partial charge in [0.2, 0.25) is 5.69 Å². The van der Waals surface area contributed by atoms with E-state index in [1.165, 1.54) is 0 Å². The van der Waals surface area contributed by atoms with Crippen molar-refractivity contribution in [2.45, 2.75) is 90.6 Å². The minimum absolute atomic E-state index is 0.294. The maximum absolute atomic E-state index is 13.9. The Hall–Kier alpha value is -5.86. The van der Waals surface area contributed by atoms with E-state index in [0.29, 0.717) is 44.5 Å². The zero-order valence-electron chi connectivity index (χ0n) is 39.3. The second kappa shape index (κ2) is 18.0. The van der Waals surface area contributed by atoms with Crippen LogP contribution in [0, 0.1) is 0 Å². The summed E-state index contributed by atoms with van der Waals surface area (Å²) in [5.74, 6) is -0.638. The SMILES string of the molecule is CC(C)(C)OC(=O)NC1=C(/C=C/C2=[N+](CCCCS(=O)(=O)O)c3ccc4ccccc4c3C2(C)C)c2ccccc2/C1=C\C=C1\N(CCCCS(=O)(=O)O)c2ccc3ccccc3c2C1(C)C. The summed E-state index contributed by atoms with van der Waals surface area (Å²) in [5.41, 5.74) is 8.58. The van der Waals surface area contributed by atoms with Gasteiger partial charge in [0, 0.05) is 58.6 Å². The topological polar surface area (TPSA) is 153 Å². The maximum Gasteiger partial charge on any atom is 0.412 e. The summed E-state index contributed by atoms with van der Waals surface area (Å²) < 4.78 is 74.0. The number of carbonyl (C=O) groups is 1. The maximum atomic E-state index is 13.9. The number of rotatable bonds is 14. The smallest absolute Gasteiger partial charge is 0.412 e. The average molecular weight is 943 g/mol. The first kappa shape index (κ1) is 47.6. The zero-order valence-corrected chi connectivity index (χ0v) is 40.9. The fraction of sp³-hybridized carbons (Fsp3) is 0.333. The van der Waals surface area contributed by atoms with Crippen molar-refractivity contribution >= 4 is 76.1 Å². The molecule has 0 spiro atoms. The molecule has 1 aliphatic carbocycles. The van der Waals surface area contributed by atoms with Crippen LogP contribution in [0.2, 0.25) is 0 Å². The minimum Gasteiger partial charge on any atom is -0.444 e. The van der Waals surface area contributed by atoms with Crippen molar-refractivity contribution in [2.75, 3.05) is 29.5 Å². The molecular weight excluding hydrogens is 883 g/mol. The molecule has 8 rings (SSSR count). The van der Waals surface area contributed by atoms with Crippen molar-refractivity contribution in [3.63, 3.8) is 0 Å². The monoisotopic (exact) mass is 942 g/mol. The normalized spacial score (nSPS) is 17.9. The number of nitrogens with one attached hydrogen (secondary N) is 1. The molecule has 5 aromatic rings. The van der Waals surface area contributed by atoms with Crippen molar-refractivity contribution in [3.8, 4) is 0 Å². The van der Waals surface area contributed by atoms with E-state index >= 15 is 0 Å². The van der Waals surface area contributed by atoms with E-state index in [-0.39, 0.29) is 11.5 Å². The fourth-order valence-electron chi connectivity index (χ4n) is 10.2. The van der Waals surface area contributed by atoms with Crippen molar-refractivity contribution in [3.05, 3.63) is 155 Å². The third-order valence-corrected chi connectivity index (χ3v) is 14.7. The van der Waals surface area contributed by atoms with Crippen LogP contribution in [0.4, 0.5) is 16.2 Å². The molecule has 0 atom stereocenters. The van der Waals surface area contributed by atoms with Gasteiger partial charge in [-0.25, -0.2) is 4.79 Å². The molecule has 2 heterocycles. The predicted molar refractivity (Wildman–Crippen MR) is 270 cm³/mol. The molecule has 0 aromatic heterocycles. The van der Waals surface area contributed by atoms with Crippen molar-refractivity contribution in [1.82, 2.24) is 5.32 Å². The molecule has 350 valence electrons. The summed E-state index contributed by atoms with van der Waals surface area (Å²) in [7, 11) is -8.22. The van der Waals surface area contributed by atoms with Gasteiger partial charge in [0.25, 0.3) is 20.2 Å². The Labute approximate surface area is 394 Å². The van der Waals surface area contributed by atoms with E-state index in [1.807, 2.05) is 69.3 Å². The van der Waals surface area contributed by atoms with E-state index in [4.69, 9.17) is 4.74 Å². The molecular formula is C54H60N3O8S2+. The largest absolute Gasteiger partial charge is 0.444 e. The van der Waals surface area contributed by atoms with E-state index in [1.54, 1.807) is 0 Å². The summed E-state index contributed by atoms with van der Waals surface area (Å²) >= 11 is 0. The Morgan fingerprint density at radius 1 is 0.701 bits per heavy atom. The zero-order chi connectivity index (χ0) is 48.1. The van der Waals surface area contributed by atoms with Gasteiger partial charge in [0.1, 0.15) is 12.1 Å². The second-order valence-electron chi connectivity index (χ2n) is 19.7. The molecule has 0 saturated carbocycles. The molecule has 2 aliphatic heterocycles. The second-order valence-corrected chi connectivity index (χ2v) is 22.9. The molecule has 3 N–H and O–H groups in total. The fourth-order valence-corrected chi connectivity index (χ4v) is 11.4. The van der Waals surface area contributed by atoms with Gasteiger partial charge in [0.05, 0.1) is 22.6 Å².